The van der Waals surface area contributed by atoms with Gasteiger partial charge in [0.05, 0.1) is 7.11 Å². The van der Waals surface area contributed by atoms with E-state index in [1.165, 1.54) is 13.2 Å². The molecule has 122 valence electrons. The minimum absolute atomic E-state index is 0.187. The molecule has 0 bridgehead atoms. The van der Waals surface area contributed by atoms with Gasteiger partial charge in [0.1, 0.15) is 5.75 Å². The molecule has 0 atom stereocenters. The zero-order chi connectivity index (χ0) is 17.0. The Kier molecular flexibility index (Phi) is 4.73. The lowest BCUT2D eigenvalue weighted by molar-refractivity contribution is -0.275. The van der Waals surface area contributed by atoms with E-state index in [2.05, 4.69) is 10.1 Å². The minimum Gasteiger partial charge on any atom is -0.497 e. The van der Waals surface area contributed by atoms with Crippen LogP contribution in [-0.4, -0.2) is 19.4 Å². The summed E-state index contributed by atoms with van der Waals surface area (Å²) in [5.41, 5.74) is 0.186. The van der Waals surface area contributed by atoms with E-state index in [1.54, 1.807) is 18.2 Å². The van der Waals surface area contributed by atoms with Crippen molar-refractivity contribution in [1.29, 1.82) is 0 Å². The number of halogens is 4. The number of carbonyl (C=O) groups excluding carboxylic acids is 1. The average molecular weight is 329 g/mol. The van der Waals surface area contributed by atoms with Crippen LogP contribution in [0.25, 0.3) is 0 Å². The van der Waals surface area contributed by atoms with E-state index < -0.39 is 23.8 Å². The number of carbonyl (C=O) groups is 1. The van der Waals surface area contributed by atoms with Crippen LogP contribution in [0.5, 0.6) is 11.5 Å². The molecule has 0 aromatic heterocycles. The van der Waals surface area contributed by atoms with E-state index >= 15 is 0 Å². The number of nitrogens with one attached hydrogen (secondary N) is 1. The molecule has 8 heteroatoms. The molecule has 0 saturated heterocycles. The molecule has 0 saturated carbocycles. The molecule has 2 aromatic carbocycles. The van der Waals surface area contributed by atoms with Gasteiger partial charge in [-0.05, 0) is 30.3 Å². The summed E-state index contributed by atoms with van der Waals surface area (Å²) in [4.78, 5) is 12.0. The van der Waals surface area contributed by atoms with Gasteiger partial charge in [-0.1, -0.05) is 6.07 Å². The molecule has 4 nitrogen and oxygen atoms in total. The summed E-state index contributed by atoms with van der Waals surface area (Å²) in [6.07, 6.45) is -5.05. The number of hydrogen-bond donors (Lipinski definition) is 1. The summed E-state index contributed by atoms with van der Waals surface area (Å²) in [6.45, 7) is 0. The summed E-state index contributed by atoms with van der Waals surface area (Å²) in [7, 11) is 1.45. The van der Waals surface area contributed by atoms with Gasteiger partial charge in [0.2, 0.25) is 0 Å². The van der Waals surface area contributed by atoms with Crippen LogP contribution >= 0.6 is 0 Å². The Morgan fingerprint density at radius 2 is 1.87 bits per heavy atom. The van der Waals surface area contributed by atoms with Crippen molar-refractivity contribution in [2.24, 2.45) is 0 Å². The topological polar surface area (TPSA) is 47.6 Å². The van der Waals surface area contributed by atoms with Crippen molar-refractivity contribution in [1.82, 2.24) is 0 Å². The molecule has 0 spiro atoms. The molecule has 0 radical (unpaired) electrons. The van der Waals surface area contributed by atoms with Gasteiger partial charge in [-0.2, -0.15) is 0 Å². The molecule has 23 heavy (non-hydrogen) atoms. The van der Waals surface area contributed by atoms with Crippen molar-refractivity contribution in [3.63, 3.8) is 0 Å². The fourth-order valence-electron chi connectivity index (χ4n) is 1.75. The Hall–Kier alpha value is -2.77. The third-order valence-corrected chi connectivity index (χ3v) is 2.75. The Bertz CT molecular complexity index is 716. The fraction of sp³-hybridized carbons (Fsp3) is 0.133. The van der Waals surface area contributed by atoms with Crippen LogP contribution in [0.2, 0.25) is 0 Å². The zero-order valence-corrected chi connectivity index (χ0v) is 11.8. The molecule has 0 heterocycles. The number of alkyl halides is 3. The van der Waals surface area contributed by atoms with E-state index in [-0.39, 0.29) is 5.56 Å². The quantitative estimate of drug-likeness (QED) is 0.863. The molecular formula is C15H11F4NO3. The molecule has 1 amide bonds. The lowest BCUT2D eigenvalue weighted by Crippen LogP contribution is -2.19. The molecule has 1 N–H and O–H groups in total. The van der Waals surface area contributed by atoms with Crippen molar-refractivity contribution in [3.8, 4) is 11.5 Å². The van der Waals surface area contributed by atoms with Gasteiger partial charge in [0.15, 0.2) is 11.6 Å². The highest BCUT2D eigenvalue weighted by molar-refractivity contribution is 6.04. The van der Waals surface area contributed by atoms with Crippen molar-refractivity contribution >= 4 is 11.6 Å². The van der Waals surface area contributed by atoms with Crippen LogP contribution in [0, 0.1) is 5.82 Å². The number of amides is 1. The standard InChI is InChI=1S/C15H11F4NO3/c1-22-11-4-2-3-10(8-11)20-14(21)9-5-6-12(16)13(7-9)23-15(17,18)19/h2-8H,1H3,(H,20,21). The minimum atomic E-state index is -5.05. The monoisotopic (exact) mass is 329 g/mol. The van der Waals surface area contributed by atoms with Gasteiger partial charge in [-0.25, -0.2) is 4.39 Å². The highest BCUT2D eigenvalue weighted by atomic mass is 19.4. The van der Waals surface area contributed by atoms with E-state index in [1.807, 2.05) is 0 Å². The van der Waals surface area contributed by atoms with Gasteiger partial charge in [-0.15, -0.1) is 13.2 Å². The van der Waals surface area contributed by atoms with Crippen LogP contribution in [0.1, 0.15) is 10.4 Å². The van der Waals surface area contributed by atoms with Crippen molar-refractivity contribution in [2.45, 2.75) is 6.36 Å². The first-order chi connectivity index (χ1) is 10.8. The fourth-order valence-corrected chi connectivity index (χ4v) is 1.75. The highest BCUT2D eigenvalue weighted by Gasteiger charge is 2.32. The Morgan fingerprint density at radius 3 is 2.52 bits per heavy atom. The van der Waals surface area contributed by atoms with Crippen LogP contribution in [-0.2, 0) is 0 Å². The number of hydrogen-bond acceptors (Lipinski definition) is 3. The summed E-state index contributed by atoms with van der Waals surface area (Å²) in [5.74, 6) is -2.52. The third-order valence-electron chi connectivity index (χ3n) is 2.75. The van der Waals surface area contributed by atoms with E-state index in [9.17, 15) is 22.4 Å². The maximum absolute atomic E-state index is 13.3. The molecule has 0 aliphatic heterocycles. The third kappa shape index (κ3) is 4.60. The molecule has 2 rings (SSSR count). The van der Waals surface area contributed by atoms with Gasteiger partial charge in [0, 0.05) is 17.3 Å². The van der Waals surface area contributed by atoms with Crippen LogP contribution < -0.4 is 14.8 Å². The highest BCUT2D eigenvalue weighted by Crippen LogP contribution is 2.27. The Morgan fingerprint density at radius 1 is 1.13 bits per heavy atom. The second-order valence-electron chi connectivity index (χ2n) is 4.38. The maximum atomic E-state index is 13.3. The predicted molar refractivity (Wildman–Crippen MR) is 74.0 cm³/mol. The molecule has 2 aromatic rings. The maximum Gasteiger partial charge on any atom is 0.573 e. The van der Waals surface area contributed by atoms with Crippen LogP contribution in [0.3, 0.4) is 0 Å². The number of anilines is 1. The lowest BCUT2D eigenvalue weighted by atomic mass is 10.2. The summed E-state index contributed by atoms with van der Waals surface area (Å²) < 4.78 is 58.4. The second kappa shape index (κ2) is 6.55. The van der Waals surface area contributed by atoms with E-state index in [4.69, 9.17) is 4.74 Å². The largest absolute Gasteiger partial charge is 0.573 e. The first-order valence-electron chi connectivity index (χ1n) is 6.29. The molecular weight excluding hydrogens is 318 g/mol. The SMILES string of the molecule is COc1cccc(NC(=O)c2ccc(F)c(OC(F)(F)F)c2)c1. The number of ether oxygens (including phenoxy) is 2. The lowest BCUT2D eigenvalue weighted by Gasteiger charge is -2.11. The van der Waals surface area contributed by atoms with Gasteiger partial charge < -0.3 is 14.8 Å². The summed E-state index contributed by atoms with van der Waals surface area (Å²) in [6, 6.07) is 8.82. The second-order valence-corrected chi connectivity index (χ2v) is 4.38. The molecule has 0 fully saturated rings. The van der Waals surface area contributed by atoms with Crippen LogP contribution in [0.15, 0.2) is 42.5 Å². The normalized spacial score (nSPS) is 11.0. The van der Waals surface area contributed by atoms with E-state index in [0.717, 1.165) is 12.1 Å². The number of methoxy groups -OCH3 is 1. The van der Waals surface area contributed by atoms with Crippen LogP contribution in [0.4, 0.5) is 23.2 Å². The van der Waals surface area contributed by atoms with Crippen molar-refractivity contribution in [2.75, 3.05) is 12.4 Å². The smallest absolute Gasteiger partial charge is 0.497 e. The number of rotatable bonds is 4. The van der Waals surface area contributed by atoms with E-state index in [0.29, 0.717) is 17.5 Å². The summed E-state index contributed by atoms with van der Waals surface area (Å²) in [5, 5.41) is 2.46. The first kappa shape index (κ1) is 16.6. The zero-order valence-electron chi connectivity index (χ0n) is 11.8. The average Bonchev–Trinajstić information content (AvgIpc) is 2.48. The Balaban J connectivity index is 2.20. The van der Waals surface area contributed by atoms with Crippen molar-refractivity contribution in [3.05, 3.63) is 53.8 Å². The molecule has 0 unspecified atom stereocenters. The van der Waals surface area contributed by atoms with Gasteiger partial charge >= 0.3 is 6.36 Å². The Labute approximate surface area is 128 Å². The predicted octanol–water partition coefficient (Wildman–Crippen LogP) is 3.99. The van der Waals surface area contributed by atoms with Crippen molar-refractivity contribution < 1.29 is 31.8 Å². The molecule has 0 aliphatic carbocycles. The number of benzene rings is 2. The molecule has 0 aliphatic rings. The van der Waals surface area contributed by atoms with Gasteiger partial charge in [0.25, 0.3) is 5.91 Å². The summed E-state index contributed by atoms with van der Waals surface area (Å²) >= 11 is 0. The van der Waals surface area contributed by atoms with Gasteiger partial charge in [-0.3, -0.25) is 4.79 Å². The first-order valence-corrected chi connectivity index (χ1v) is 6.29.